The Hall–Kier alpha value is -1.07. The molecule has 2 saturated heterocycles. The van der Waals surface area contributed by atoms with Crippen molar-refractivity contribution in [1.29, 1.82) is 0 Å². The van der Waals surface area contributed by atoms with E-state index in [0.29, 0.717) is 17.8 Å². The first-order chi connectivity index (χ1) is 8.76. The number of nitrogens with one attached hydrogen (secondary N) is 2. The Bertz CT molecular complexity index is 448. The van der Waals surface area contributed by atoms with E-state index in [0.717, 1.165) is 31.6 Å². The fourth-order valence-corrected chi connectivity index (χ4v) is 2.94. The topological polar surface area (TPSA) is 61.0 Å². The molecular formula is C13H21ClN4O. The summed E-state index contributed by atoms with van der Waals surface area (Å²) in [5.74, 6) is 0.0697. The standard InChI is InChI=1S/C13H20N4O.ClH/c1-2-9-7-12(16-15-9)13(18)17-6-5-10-3-4-11(8-17)14-10;/h7,10-11,14H,2-6,8H2,1H3,(H,15,16);1H. The van der Waals surface area contributed by atoms with Crippen LogP contribution in [0.4, 0.5) is 0 Å². The Labute approximate surface area is 119 Å². The molecule has 2 unspecified atom stereocenters. The number of aryl methyl sites for hydroxylation is 1. The van der Waals surface area contributed by atoms with Crippen LogP contribution in [0.15, 0.2) is 6.07 Å². The molecule has 2 bridgehead atoms. The van der Waals surface area contributed by atoms with Gasteiger partial charge in [0.05, 0.1) is 0 Å². The van der Waals surface area contributed by atoms with Crippen LogP contribution >= 0.6 is 12.4 Å². The number of H-pyrrole nitrogens is 1. The van der Waals surface area contributed by atoms with Crippen molar-refractivity contribution in [2.45, 2.75) is 44.7 Å². The van der Waals surface area contributed by atoms with Crippen molar-refractivity contribution in [2.24, 2.45) is 0 Å². The third kappa shape index (κ3) is 2.92. The van der Waals surface area contributed by atoms with Crippen molar-refractivity contribution in [2.75, 3.05) is 13.1 Å². The van der Waals surface area contributed by atoms with Gasteiger partial charge in [0.1, 0.15) is 5.69 Å². The van der Waals surface area contributed by atoms with Crippen LogP contribution in [0.25, 0.3) is 0 Å². The molecule has 2 N–H and O–H groups in total. The lowest BCUT2D eigenvalue weighted by atomic mass is 10.1. The zero-order valence-electron chi connectivity index (χ0n) is 11.2. The molecule has 2 fully saturated rings. The molecule has 19 heavy (non-hydrogen) atoms. The number of fused-ring (bicyclic) bond motifs is 2. The lowest BCUT2D eigenvalue weighted by Gasteiger charge is -2.23. The molecule has 1 aromatic heterocycles. The number of carbonyl (C=O) groups is 1. The number of aromatic nitrogens is 2. The minimum atomic E-state index is 0. The number of halogens is 1. The molecular weight excluding hydrogens is 264 g/mol. The molecule has 0 spiro atoms. The van der Waals surface area contributed by atoms with Crippen molar-refractivity contribution < 1.29 is 4.79 Å². The highest BCUT2D eigenvalue weighted by atomic mass is 35.5. The van der Waals surface area contributed by atoms with Crippen LogP contribution in [-0.2, 0) is 6.42 Å². The van der Waals surface area contributed by atoms with Crippen LogP contribution in [0.1, 0.15) is 42.4 Å². The summed E-state index contributed by atoms with van der Waals surface area (Å²) in [7, 11) is 0. The Morgan fingerprint density at radius 1 is 1.42 bits per heavy atom. The Morgan fingerprint density at radius 3 is 2.95 bits per heavy atom. The smallest absolute Gasteiger partial charge is 0.274 e. The van der Waals surface area contributed by atoms with Gasteiger partial charge >= 0.3 is 0 Å². The zero-order valence-corrected chi connectivity index (χ0v) is 12.0. The predicted molar refractivity (Wildman–Crippen MR) is 75.7 cm³/mol. The fourth-order valence-electron chi connectivity index (χ4n) is 2.94. The van der Waals surface area contributed by atoms with E-state index in [1.54, 1.807) is 0 Å². The molecule has 2 aliphatic heterocycles. The number of hydrogen-bond donors (Lipinski definition) is 2. The van der Waals surface area contributed by atoms with E-state index >= 15 is 0 Å². The number of carbonyl (C=O) groups excluding carboxylic acids is 1. The Morgan fingerprint density at radius 2 is 2.21 bits per heavy atom. The Balaban J connectivity index is 0.00000133. The lowest BCUT2D eigenvalue weighted by Crippen LogP contribution is -2.39. The van der Waals surface area contributed by atoms with Gasteiger partial charge in [-0.2, -0.15) is 5.10 Å². The average molecular weight is 285 g/mol. The highest BCUT2D eigenvalue weighted by Crippen LogP contribution is 2.21. The molecule has 5 nitrogen and oxygen atoms in total. The van der Waals surface area contributed by atoms with Crippen LogP contribution in [-0.4, -0.2) is 46.2 Å². The molecule has 6 heteroatoms. The first-order valence-electron chi connectivity index (χ1n) is 6.86. The average Bonchev–Trinajstić information content (AvgIpc) is 2.95. The van der Waals surface area contributed by atoms with Gasteiger partial charge in [0, 0.05) is 30.9 Å². The molecule has 0 radical (unpaired) electrons. The first kappa shape index (κ1) is 14.3. The summed E-state index contributed by atoms with van der Waals surface area (Å²) in [6.07, 6.45) is 4.39. The van der Waals surface area contributed by atoms with E-state index in [4.69, 9.17) is 0 Å². The van der Waals surface area contributed by atoms with Crippen LogP contribution in [0.2, 0.25) is 0 Å². The van der Waals surface area contributed by atoms with E-state index in [1.807, 2.05) is 11.0 Å². The van der Waals surface area contributed by atoms with Gasteiger partial charge in [-0.25, -0.2) is 0 Å². The molecule has 2 atom stereocenters. The van der Waals surface area contributed by atoms with E-state index in [-0.39, 0.29) is 18.3 Å². The van der Waals surface area contributed by atoms with E-state index < -0.39 is 0 Å². The maximum absolute atomic E-state index is 12.4. The molecule has 0 saturated carbocycles. The minimum Gasteiger partial charge on any atom is -0.336 e. The predicted octanol–water partition coefficient (Wildman–Crippen LogP) is 1.36. The largest absolute Gasteiger partial charge is 0.336 e. The van der Waals surface area contributed by atoms with Crippen molar-refractivity contribution in [3.63, 3.8) is 0 Å². The molecule has 3 heterocycles. The monoisotopic (exact) mass is 284 g/mol. The molecule has 0 aromatic carbocycles. The molecule has 106 valence electrons. The highest BCUT2D eigenvalue weighted by Gasteiger charge is 2.31. The fraction of sp³-hybridized carbons (Fsp3) is 0.692. The summed E-state index contributed by atoms with van der Waals surface area (Å²) in [6, 6.07) is 2.96. The number of aromatic amines is 1. The van der Waals surface area contributed by atoms with Crippen LogP contribution in [0, 0.1) is 0 Å². The van der Waals surface area contributed by atoms with Gasteiger partial charge in [-0.1, -0.05) is 6.92 Å². The van der Waals surface area contributed by atoms with Crippen LogP contribution < -0.4 is 5.32 Å². The first-order valence-corrected chi connectivity index (χ1v) is 6.86. The van der Waals surface area contributed by atoms with Crippen molar-refractivity contribution in [1.82, 2.24) is 20.4 Å². The second-order valence-corrected chi connectivity index (χ2v) is 5.31. The van der Waals surface area contributed by atoms with Crippen molar-refractivity contribution >= 4 is 18.3 Å². The quantitative estimate of drug-likeness (QED) is 0.862. The van der Waals surface area contributed by atoms with Gasteiger partial charge in [-0.05, 0) is 31.7 Å². The van der Waals surface area contributed by atoms with Crippen LogP contribution in [0.5, 0.6) is 0 Å². The molecule has 1 amide bonds. The molecule has 0 aliphatic carbocycles. The van der Waals surface area contributed by atoms with Crippen LogP contribution in [0.3, 0.4) is 0 Å². The summed E-state index contributed by atoms with van der Waals surface area (Å²) >= 11 is 0. The van der Waals surface area contributed by atoms with Crippen molar-refractivity contribution in [3.8, 4) is 0 Å². The third-order valence-corrected chi connectivity index (χ3v) is 4.04. The highest BCUT2D eigenvalue weighted by molar-refractivity contribution is 5.92. The molecule has 2 aliphatic rings. The summed E-state index contributed by atoms with van der Waals surface area (Å²) in [5.41, 5.74) is 1.58. The zero-order chi connectivity index (χ0) is 12.5. The van der Waals surface area contributed by atoms with Crippen molar-refractivity contribution in [3.05, 3.63) is 17.5 Å². The summed E-state index contributed by atoms with van der Waals surface area (Å²) in [6.45, 7) is 3.72. The van der Waals surface area contributed by atoms with Gasteiger partial charge in [-0.15, -0.1) is 12.4 Å². The summed E-state index contributed by atoms with van der Waals surface area (Å²) < 4.78 is 0. The second-order valence-electron chi connectivity index (χ2n) is 5.31. The lowest BCUT2D eigenvalue weighted by molar-refractivity contribution is 0.0742. The number of rotatable bonds is 2. The maximum Gasteiger partial charge on any atom is 0.274 e. The van der Waals surface area contributed by atoms with Gasteiger partial charge in [0.2, 0.25) is 0 Å². The third-order valence-electron chi connectivity index (χ3n) is 4.04. The van der Waals surface area contributed by atoms with Gasteiger partial charge in [0.25, 0.3) is 5.91 Å². The summed E-state index contributed by atoms with van der Waals surface area (Å²) in [5, 5.41) is 10.6. The van der Waals surface area contributed by atoms with E-state index in [1.165, 1.54) is 12.8 Å². The van der Waals surface area contributed by atoms with E-state index in [2.05, 4.69) is 22.4 Å². The SMILES string of the molecule is CCc1cc(C(=O)N2CCC3CCC(C2)N3)n[nH]1.Cl. The summed E-state index contributed by atoms with van der Waals surface area (Å²) in [4.78, 5) is 14.3. The normalized spacial score (nSPS) is 25.8. The molecule has 1 aromatic rings. The number of hydrogen-bond acceptors (Lipinski definition) is 3. The van der Waals surface area contributed by atoms with Gasteiger partial charge in [0.15, 0.2) is 0 Å². The van der Waals surface area contributed by atoms with E-state index in [9.17, 15) is 4.79 Å². The second kappa shape index (κ2) is 5.92. The van der Waals surface area contributed by atoms with Gasteiger partial charge in [-0.3, -0.25) is 9.89 Å². The Kier molecular flexibility index (Phi) is 4.47. The molecule has 3 rings (SSSR count). The van der Waals surface area contributed by atoms with Gasteiger partial charge < -0.3 is 10.2 Å². The number of likely N-dealkylation sites (tertiary alicyclic amines) is 1. The number of nitrogens with zero attached hydrogens (tertiary/aromatic N) is 2. The minimum absolute atomic E-state index is 0. The maximum atomic E-state index is 12.4. The number of amides is 1.